The van der Waals surface area contributed by atoms with Crippen LogP contribution in [-0.4, -0.2) is 9.97 Å². The molecule has 3 aromatic rings. The number of fused-ring (bicyclic) bond motifs is 1. The molecule has 0 unspecified atom stereocenters. The molecule has 1 aromatic heterocycles. The summed E-state index contributed by atoms with van der Waals surface area (Å²) >= 11 is 1.65. The number of thioether (sulfide) groups is 1. The first kappa shape index (κ1) is 13.1. The van der Waals surface area contributed by atoms with E-state index in [-0.39, 0.29) is 5.82 Å². The molecule has 0 fully saturated rings. The quantitative estimate of drug-likeness (QED) is 0.527. The number of benzene rings is 2. The summed E-state index contributed by atoms with van der Waals surface area (Å²) in [5, 5.41) is 2.03. The fourth-order valence-electron chi connectivity index (χ4n) is 2.00. The van der Waals surface area contributed by atoms with Crippen molar-refractivity contribution in [3.8, 4) is 0 Å². The Balaban J connectivity index is 1.88. The predicted molar refractivity (Wildman–Crippen MR) is 80.2 cm³/mol. The van der Waals surface area contributed by atoms with Gasteiger partial charge in [0.15, 0.2) is 0 Å². The molecule has 0 saturated carbocycles. The van der Waals surface area contributed by atoms with Crippen molar-refractivity contribution in [1.29, 1.82) is 0 Å². The van der Waals surface area contributed by atoms with Crippen LogP contribution in [0, 0.1) is 12.7 Å². The van der Waals surface area contributed by atoms with Crippen LogP contribution in [0.3, 0.4) is 0 Å². The molecular formula is C16H13FN2S. The molecule has 100 valence electrons. The first-order chi connectivity index (χ1) is 9.72. The van der Waals surface area contributed by atoms with Crippen molar-refractivity contribution in [3.05, 3.63) is 65.7 Å². The van der Waals surface area contributed by atoms with Crippen LogP contribution in [0.2, 0.25) is 0 Å². The van der Waals surface area contributed by atoms with Crippen LogP contribution in [0.5, 0.6) is 0 Å². The maximum Gasteiger partial charge on any atom is 0.127 e. The lowest BCUT2D eigenvalue weighted by atomic mass is 10.2. The van der Waals surface area contributed by atoms with E-state index in [1.165, 1.54) is 12.1 Å². The zero-order valence-electron chi connectivity index (χ0n) is 11.0. The SMILES string of the molecule is Cc1nc(SCc2ccc(F)cc2)c2ccccc2n1. The fraction of sp³-hybridized carbons (Fsp3) is 0.125. The highest BCUT2D eigenvalue weighted by molar-refractivity contribution is 7.98. The van der Waals surface area contributed by atoms with Crippen molar-refractivity contribution >= 4 is 22.7 Å². The molecule has 0 radical (unpaired) electrons. The van der Waals surface area contributed by atoms with Gasteiger partial charge in [0.1, 0.15) is 16.7 Å². The second-order valence-electron chi connectivity index (χ2n) is 4.51. The highest BCUT2D eigenvalue weighted by atomic mass is 32.2. The van der Waals surface area contributed by atoms with Gasteiger partial charge in [-0.05, 0) is 30.7 Å². The van der Waals surface area contributed by atoms with Gasteiger partial charge in [0.05, 0.1) is 5.52 Å². The standard InChI is InChI=1S/C16H13FN2S/c1-11-18-15-5-3-2-4-14(15)16(19-11)20-10-12-6-8-13(17)9-7-12/h2-9H,10H2,1H3. The Bertz CT molecular complexity index is 741. The third-order valence-electron chi connectivity index (χ3n) is 2.97. The second kappa shape index (κ2) is 5.59. The number of hydrogen-bond acceptors (Lipinski definition) is 3. The zero-order valence-corrected chi connectivity index (χ0v) is 11.8. The molecule has 0 amide bonds. The molecule has 0 spiro atoms. The van der Waals surface area contributed by atoms with Crippen LogP contribution < -0.4 is 0 Å². The number of para-hydroxylation sites is 1. The Morgan fingerprint density at radius 1 is 1.00 bits per heavy atom. The van der Waals surface area contributed by atoms with E-state index < -0.39 is 0 Å². The van der Waals surface area contributed by atoms with Crippen LogP contribution in [0.25, 0.3) is 10.9 Å². The average molecular weight is 284 g/mol. The molecule has 2 aromatic carbocycles. The van der Waals surface area contributed by atoms with E-state index in [1.807, 2.05) is 31.2 Å². The molecule has 0 saturated heterocycles. The third-order valence-corrected chi connectivity index (χ3v) is 4.03. The average Bonchev–Trinajstić information content (AvgIpc) is 2.46. The lowest BCUT2D eigenvalue weighted by Gasteiger charge is -2.06. The Morgan fingerprint density at radius 2 is 1.75 bits per heavy atom. The second-order valence-corrected chi connectivity index (χ2v) is 5.47. The number of rotatable bonds is 3. The monoisotopic (exact) mass is 284 g/mol. The Kier molecular flexibility index (Phi) is 3.65. The molecule has 0 aliphatic rings. The van der Waals surface area contributed by atoms with Gasteiger partial charge >= 0.3 is 0 Å². The lowest BCUT2D eigenvalue weighted by molar-refractivity contribution is 0.627. The van der Waals surface area contributed by atoms with Gasteiger partial charge in [-0.2, -0.15) is 0 Å². The van der Waals surface area contributed by atoms with Crippen LogP contribution >= 0.6 is 11.8 Å². The van der Waals surface area contributed by atoms with Gasteiger partial charge in [0.2, 0.25) is 0 Å². The molecule has 3 rings (SSSR count). The molecule has 0 aliphatic carbocycles. The van der Waals surface area contributed by atoms with Gasteiger partial charge in [-0.15, -0.1) is 11.8 Å². The van der Waals surface area contributed by atoms with Gasteiger partial charge in [-0.25, -0.2) is 14.4 Å². The van der Waals surface area contributed by atoms with E-state index in [1.54, 1.807) is 23.9 Å². The van der Waals surface area contributed by atoms with E-state index in [4.69, 9.17) is 0 Å². The Hall–Kier alpha value is -1.94. The van der Waals surface area contributed by atoms with Crippen molar-refractivity contribution in [1.82, 2.24) is 9.97 Å². The van der Waals surface area contributed by atoms with Gasteiger partial charge in [-0.1, -0.05) is 30.3 Å². The van der Waals surface area contributed by atoms with Crippen molar-refractivity contribution in [2.75, 3.05) is 0 Å². The third kappa shape index (κ3) is 2.80. The summed E-state index contributed by atoms with van der Waals surface area (Å²) in [7, 11) is 0. The molecular weight excluding hydrogens is 271 g/mol. The first-order valence-electron chi connectivity index (χ1n) is 6.33. The lowest BCUT2D eigenvalue weighted by Crippen LogP contribution is -1.93. The number of nitrogens with zero attached hydrogens (tertiary/aromatic N) is 2. The molecule has 2 nitrogen and oxygen atoms in total. The molecule has 0 aliphatic heterocycles. The molecule has 0 atom stereocenters. The summed E-state index contributed by atoms with van der Waals surface area (Å²) in [6.07, 6.45) is 0. The van der Waals surface area contributed by atoms with E-state index in [2.05, 4.69) is 9.97 Å². The van der Waals surface area contributed by atoms with E-state index in [9.17, 15) is 4.39 Å². The van der Waals surface area contributed by atoms with Crippen LogP contribution in [0.15, 0.2) is 53.6 Å². The van der Waals surface area contributed by atoms with Crippen molar-refractivity contribution in [3.63, 3.8) is 0 Å². The molecule has 20 heavy (non-hydrogen) atoms. The molecule has 1 heterocycles. The topological polar surface area (TPSA) is 25.8 Å². The smallest absolute Gasteiger partial charge is 0.127 e. The van der Waals surface area contributed by atoms with E-state index in [0.29, 0.717) is 0 Å². The zero-order chi connectivity index (χ0) is 13.9. The van der Waals surface area contributed by atoms with Gasteiger partial charge in [-0.3, -0.25) is 0 Å². The van der Waals surface area contributed by atoms with Crippen LogP contribution in [0.1, 0.15) is 11.4 Å². The number of hydrogen-bond donors (Lipinski definition) is 0. The first-order valence-corrected chi connectivity index (χ1v) is 7.31. The molecule has 0 bridgehead atoms. The largest absolute Gasteiger partial charge is 0.233 e. The maximum atomic E-state index is 12.9. The summed E-state index contributed by atoms with van der Waals surface area (Å²) in [5.74, 6) is 1.33. The van der Waals surface area contributed by atoms with Crippen LogP contribution in [0.4, 0.5) is 4.39 Å². The highest BCUT2D eigenvalue weighted by Crippen LogP contribution is 2.27. The minimum atomic E-state index is -0.206. The van der Waals surface area contributed by atoms with Gasteiger partial charge in [0.25, 0.3) is 0 Å². The predicted octanol–water partition coefficient (Wildman–Crippen LogP) is 4.37. The maximum absolute atomic E-state index is 12.9. The van der Waals surface area contributed by atoms with Crippen molar-refractivity contribution < 1.29 is 4.39 Å². The number of aryl methyl sites for hydroxylation is 1. The summed E-state index contributed by atoms with van der Waals surface area (Å²) in [4.78, 5) is 8.94. The summed E-state index contributed by atoms with van der Waals surface area (Å²) in [6, 6.07) is 14.6. The van der Waals surface area contributed by atoms with Gasteiger partial charge < -0.3 is 0 Å². The molecule has 4 heteroatoms. The Morgan fingerprint density at radius 3 is 2.55 bits per heavy atom. The Labute approximate surface area is 121 Å². The summed E-state index contributed by atoms with van der Waals surface area (Å²) < 4.78 is 12.9. The fourth-order valence-corrected chi connectivity index (χ4v) is 3.02. The minimum absolute atomic E-state index is 0.206. The summed E-state index contributed by atoms with van der Waals surface area (Å²) in [6.45, 7) is 1.90. The normalized spacial score (nSPS) is 10.9. The summed E-state index contributed by atoms with van der Waals surface area (Å²) in [5.41, 5.74) is 2.04. The van der Waals surface area contributed by atoms with Gasteiger partial charge in [0, 0.05) is 11.1 Å². The van der Waals surface area contributed by atoms with E-state index >= 15 is 0 Å². The number of aromatic nitrogens is 2. The number of halogens is 1. The minimum Gasteiger partial charge on any atom is -0.233 e. The molecule has 0 N–H and O–H groups in total. The van der Waals surface area contributed by atoms with Crippen LogP contribution in [-0.2, 0) is 5.75 Å². The van der Waals surface area contributed by atoms with Crippen molar-refractivity contribution in [2.45, 2.75) is 17.7 Å². The van der Waals surface area contributed by atoms with E-state index in [0.717, 1.165) is 33.1 Å². The highest BCUT2D eigenvalue weighted by Gasteiger charge is 2.06. The van der Waals surface area contributed by atoms with Crippen molar-refractivity contribution in [2.24, 2.45) is 0 Å².